The van der Waals surface area contributed by atoms with Crippen LogP contribution in [0.25, 0.3) is 11.1 Å². The van der Waals surface area contributed by atoms with Gasteiger partial charge in [-0.1, -0.05) is 18.2 Å². The molecule has 1 heterocycles. The summed E-state index contributed by atoms with van der Waals surface area (Å²) < 4.78 is 0. The van der Waals surface area contributed by atoms with E-state index in [0.29, 0.717) is 0 Å². The number of nitrogens with zero attached hydrogens (tertiary/aromatic N) is 1. The summed E-state index contributed by atoms with van der Waals surface area (Å²) in [6, 6.07) is 7.50. The van der Waals surface area contributed by atoms with Gasteiger partial charge in [0, 0.05) is 24.0 Å². The Hall–Kier alpha value is -2.20. The summed E-state index contributed by atoms with van der Waals surface area (Å²) in [6.45, 7) is 4.10. The molecular weight excluding hydrogens is 252 g/mol. The largest absolute Gasteiger partial charge is 0.481 e. The van der Waals surface area contributed by atoms with Gasteiger partial charge in [0.05, 0.1) is 6.42 Å². The number of hydrogen-bond donors (Lipinski definition) is 2. The molecule has 1 aromatic carbocycles. The van der Waals surface area contributed by atoms with E-state index in [4.69, 9.17) is 10.8 Å². The lowest BCUT2D eigenvalue weighted by atomic mass is 9.95. The molecule has 0 fully saturated rings. The monoisotopic (exact) mass is 270 g/mol. The van der Waals surface area contributed by atoms with Gasteiger partial charge in [-0.05, 0) is 42.2 Å². The third-order valence-electron chi connectivity index (χ3n) is 3.35. The zero-order valence-electron chi connectivity index (χ0n) is 11.6. The first-order valence-corrected chi connectivity index (χ1v) is 6.48. The molecule has 2 aromatic rings. The van der Waals surface area contributed by atoms with E-state index in [1.807, 2.05) is 38.1 Å². The molecule has 4 heteroatoms. The van der Waals surface area contributed by atoms with Crippen LogP contribution in [0.15, 0.2) is 36.7 Å². The minimum Gasteiger partial charge on any atom is -0.481 e. The average molecular weight is 270 g/mol. The van der Waals surface area contributed by atoms with Crippen molar-refractivity contribution in [3.8, 4) is 11.1 Å². The molecule has 1 atom stereocenters. The summed E-state index contributed by atoms with van der Waals surface area (Å²) in [5, 5.41) is 8.82. The molecule has 0 aliphatic carbocycles. The lowest BCUT2D eigenvalue weighted by Gasteiger charge is -2.13. The van der Waals surface area contributed by atoms with Gasteiger partial charge in [-0.15, -0.1) is 0 Å². The first-order chi connectivity index (χ1) is 9.49. The molecule has 104 valence electrons. The normalized spacial score (nSPS) is 12.2. The fraction of sp³-hybridized carbons (Fsp3) is 0.250. The Balaban J connectivity index is 2.42. The van der Waals surface area contributed by atoms with Crippen LogP contribution in [0, 0.1) is 13.8 Å². The Labute approximate surface area is 118 Å². The van der Waals surface area contributed by atoms with E-state index in [9.17, 15) is 4.79 Å². The van der Waals surface area contributed by atoms with Crippen LogP contribution in [0.3, 0.4) is 0 Å². The number of carboxylic acids is 1. The van der Waals surface area contributed by atoms with Crippen LogP contribution < -0.4 is 5.73 Å². The zero-order chi connectivity index (χ0) is 14.7. The number of pyridine rings is 1. The van der Waals surface area contributed by atoms with E-state index >= 15 is 0 Å². The Bertz CT molecular complexity index is 618. The molecule has 0 spiro atoms. The van der Waals surface area contributed by atoms with Crippen molar-refractivity contribution in [2.24, 2.45) is 5.73 Å². The number of carbonyl (C=O) groups is 1. The lowest BCUT2D eigenvalue weighted by molar-refractivity contribution is -0.137. The molecule has 0 amide bonds. The van der Waals surface area contributed by atoms with Crippen LogP contribution >= 0.6 is 0 Å². The van der Waals surface area contributed by atoms with Crippen molar-refractivity contribution >= 4 is 5.97 Å². The second-order valence-corrected chi connectivity index (χ2v) is 4.98. The van der Waals surface area contributed by atoms with Crippen molar-refractivity contribution in [1.82, 2.24) is 4.98 Å². The summed E-state index contributed by atoms with van der Waals surface area (Å²) in [5.74, 6) is -0.907. The molecule has 0 aliphatic rings. The van der Waals surface area contributed by atoms with Crippen molar-refractivity contribution in [1.29, 1.82) is 0 Å². The molecule has 4 nitrogen and oxygen atoms in total. The van der Waals surface area contributed by atoms with E-state index in [1.165, 1.54) is 0 Å². The fourth-order valence-electron chi connectivity index (χ4n) is 2.37. The molecule has 0 saturated heterocycles. The van der Waals surface area contributed by atoms with Crippen LogP contribution in [0.4, 0.5) is 0 Å². The standard InChI is InChI=1S/C16H18N2O2/c1-10-4-3-5-11(2)16(10)13-6-12(8-18-9-13)14(17)7-15(19)20/h3-6,8-9,14H,7,17H2,1-2H3,(H,19,20)/t14-/m0/s1. The van der Waals surface area contributed by atoms with Crippen LogP contribution in [0.1, 0.15) is 29.2 Å². The maximum atomic E-state index is 10.7. The smallest absolute Gasteiger partial charge is 0.305 e. The highest BCUT2D eigenvalue weighted by Crippen LogP contribution is 2.28. The van der Waals surface area contributed by atoms with Crippen LogP contribution in [0.5, 0.6) is 0 Å². The van der Waals surface area contributed by atoms with Gasteiger partial charge in [-0.25, -0.2) is 0 Å². The van der Waals surface area contributed by atoms with Crippen LogP contribution in [-0.2, 0) is 4.79 Å². The Morgan fingerprint density at radius 2 is 1.95 bits per heavy atom. The molecule has 3 N–H and O–H groups in total. The third kappa shape index (κ3) is 3.03. The van der Waals surface area contributed by atoms with Gasteiger partial charge in [0.15, 0.2) is 0 Å². The van der Waals surface area contributed by atoms with E-state index in [-0.39, 0.29) is 6.42 Å². The predicted octanol–water partition coefficient (Wildman–Crippen LogP) is 2.84. The third-order valence-corrected chi connectivity index (χ3v) is 3.35. The van der Waals surface area contributed by atoms with Crippen molar-refractivity contribution in [3.05, 3.63) is 53.3 Å². The van der Waals surface area contributed by atoms with Gasteiger partial charge in [0.2, 0.25) is 0 Å². The molecule has 20 heavy (non-hydrogen) atoms. The summed E-state index contributed by atoms with van der Waals surface area (Å²) in [4.78, 5) is 14.9. The molecule has 0 radical (unpaired) electrons. The van der Waals surface area contributed by atoms with Crippen molar-refractivity contribution in [3.63, 3.8) is 0 Å². The molecule has 0 unspecified atom stereocenters. The Kier molecular flexibility index (Phi) is 4.15. The number of aliphatic carboxylic acids is 1. The van der Waals surface area contributed by atoms with Crippen molar-refractivity contribution in [2.45, 2.75) is 26.3 Å². The Morgan fingerprint density at radius 1 is 1.30 bits per heavy atom. The van der Waals surface area contributed by atoms with E-state index < -0.39 is 12.0 Å². The number of aryl methyl sites for hydroxylation is 2. The Morgan fingerprint density at radius 3 is 2.55 bits per heavy atom. The van der Waals surface area contributed by atoms with E-state index in [2.05, 4.69) is 4.98 Å². The first kappa shape index (κ1) is 14.2. The summed E-state index contributed by atoms with van der Waals surface area (Å²) in [5.41, 5.74) is 11.1. The summed E-state index contributed by atoms with van der Waals surface area (Å²) in [7, 11) is 0. The summed E-state index contributed by atoms with van der Waals surface area (Å²) in [6.07, 6.45) is 3.31. The van der Waals surface area contributed by atoms with Gasteiger partial charge in [-0.3, -0.25) is 9.78 Å². The fourth-order valence-corrected chi connectivity index (χ4v) is 2.37. The number of aromatic nitrogens is 1. The average Bonchev–Trinajstić information content (AvgIpc) is 2.38. The lowest BCUT2D eigenvalue weighted by Crippen LogP contribution is -2.15. The molecule has 2 rings (SSSR count). The number of benzene rings is 1. The van der Waals surface area contributed by atoms with Gasteiger partial charge < -0.3 is 10.8 Å². The topological polar surface area (TPSA) is 76.2 Å². The van der Waals surface area contributed by atoms with Crippen molar-refractivity contribution < 1.29 is 9.90 Å². The maximum absolute atomic E-state index is 10.7. The van der Waals surface area contributed by atoms with Gasteiger partial charge in [0.1, 0.15) is 0 Å². The number of nitrogens with two attached hydrogens (primary N) is 1. The molecule has 0 aliphatic heterocycles. The molecule has 1 aromatic heterocycles. The van der Waals surface area contributed by atoms with E-state index in [1.54, 1.807) is 12.4 Å². The number of carboxylic acid groups (broad SMARTS) is 1. The van der Waals surface area contributed by atoms with Gasteiger partial charge in [0.25, 0.3) is 0 Å². The first-order valence-electron chi connectivity index (χ1n) is 6.48. The second kappa shape index (κ2) is 5.84. The number of hydrogen-bond acceptors (Lipinski definition) is 3. The highest BCUT2D eigenvalue weighted by Gasteiger charge is 2.13. The predicted molar refractivity (Wildman–Crippen MR) is 78.3 cm³/mol. The van der Waals surface area contributed by atoms with Gasteiger partial charge in [-0.2, -0.15) is 0 Å². The minimum absolute atomic E-state index is 0.0993. The molecule has 0 bridgehead atoms. The van der Waals surface area contributed by atoms with Crippen LogP contribution in [0.2, 0.25) is 0 Å². The SMILES string of the molecule is Cc1cccc(C)c1-c1cncc([C@@H](N)CC(=O)O)c1. The molecule has 0 saturated carbocycles. The van der Waals surface area contributed by atoms with Crippen molar-refractivity contribution in [2.75, 3.05) is 0 Å². The van der Waals surface area contributed by atoms with Crippen LogP contribution in [-0.4, -0.2) is 16.1 Å². The minimum atomic E-state index is -0.907. The highest BCUT2D eigenvalue weighted by molar-refractivity contribution is 5.71. The quantitative estimate of drug-likeness (QED) is 0.895. The maximum Gasteiger partial charge on any atom is 0.305 e. The molecular formula is C16H18N2O2. The number of rotatable bonds is 4. The second-order valence-electron chi connectivity index (χ2n) is 4.98. The van der Waals surface area contributed by atoms with E-state index in [0.717, 1.165) is 27.8 Å². The summed E-state index contributed by atoms with van der Waals surface area (Å²) >= 11 is 0. The van der Waals surface area contributed by atoms with Gasteiger partial charge >= 0.3 is 5.97 Å². The zero-order valence-corrected chi connectivity index (χ0v) is 11.6. The highest BCUT2D eigenvalue weighted by atomic mass is 16.4.